The molecule has 4 aromatic rings. The maximum Gasteiger partial charge on any atom is 0.221 e. The van der Waals surface area contributed by atoms with Crippen molar-refractivity contribution in [1.82, 2.24) is 0 Å². The number of thioether (sulfide) groups is 1. The first-order chi connectivity index (χ1) is 18.2. The Hall–Kier alpha value is -2.90. The lowest BCUT2D eigenvalue weighted by molar-refractivity contribution is 0.108. The average Bonchev–Trinajstić information content (AvgIpc) is 2.91. The lowest BCUT2D eigenvalue weighted by atomic mass is 9.97. The van der Waals surface area contributed by atoms with Gasteiger partial charge in [-0.05, 0) is 85.2 Å². The third-order valence-corrected chi connectivity index (χ3v) is 7.93. The molecule has 2 N–H and O–H groups in total. The quantitative estimate of drug-likeness (QED) is 0.181. The molecule has 0 aliphatic rings. The molecule has 0 radical (unpaired) electrons. The molecule has 0 heterocycles. The van der Waals surface area contributed by atoms with Crippen molar-refractivity contribution in [1.29, 1.82) is 0 Å². The number of thiol groups is 1. The van der Waals surface area contributed by atoms with E-state index in [1.54, 1.807) is 18.4 Å². The summed E-state index contributed by atoms with van der Waals surface area (Å²) in [6.07, 6.45) is 2.39. The van der Waals surface area contributed by atoms with E-state index in [0.717, 1.165) is 39.7 Å². The number of hydrogen-bond acceptors (Lipinski definition) is 5. The van der Waals surface area contributed by atoms with Crippen LogP contribution in [0.5, 0.6) is 0 Å². The summed E-state index contributed by atoms with van der Waals surface area (Å²) in [7, 11) is 0. The number of anilines is 4. The van der Waals surface area contributed by atoms with E-state index < -0.39 is 0 Å². The van der Waals surface area contributed by atoms with E-state index in [-0.39, 0.29) is 10.2 Å². The number of aryl methyl sites for hydroxylation is 1. The van der Waals surface area contributed by atoms with Crippen molar-refractivity contribution in [2.75, 3.05) is 16.9 Å². The Morgan fingerprint density at radius 3 is 2.32 bits per heavy atom. The standard InChI is InChI=1S/C30H26Cl2N2O2S2/c1-17-11-14-23(31)28(27(17)32)34-26-16-19(12-13-22(26)30(36)38-3)15-20-7-6-10-24(18(20)2)33-25-9-5-4-8-21(25)29(35)37/h4-14,16,33-34H,15H2,1-3H3,(H,35,37). The van der Waals surface area contributed by atoms with Crippen LogP contribution in [0.1, 0.15) is 43.0 Å². The van der Waals surface area contributed by atoms with Crippen LogP contribution in [0.15, 0.2) is 72.8 Å². The SMILES string of the molecule is CSC(=O)c1ccc(Cc2cccc(Nc3ccccc3C(=O)S)c2C)cc1Nc1c(Cl)ccc(C)c1Cl. The Morgan fingerprint density at radius 1 is 0.842 bits per heavy atom. The predicted molar refractivity (Wildman–Crippen MR) is 166 cm³/mol. The fraction of sp³-hybridized carbons (Fsp3) is 0.133. The van der Waals surface area contributed by atoms with E-state index in [9.17, 15) is 9.59 Å². The van der Waals surface area contributed by atoms with Gasteiger partial charge in [-0.2, -0.15) is 0 Å². The second kappa shape index (κ2) is 12.3. The molecule has 0 saturated carbocycles. The van der Waals surface area contributed by atoms with E-state index in [1.807, 2.05) is 68.4 Å². The van der Waals surface area contributed by atoms with Gasteiger partial charge in [0, 0.05) is 5.69 Å². The number of nitrogens with one attached hydrogen (secondary N) is 2. The third kappa shape index (κ3) is 6.21. The molecule has 0 aliphatic heterocycles. The van der Waals surface area contributed by atoms with E-state index in [1.165, 1.54) is 0 Å². The molecule has 0 atom stereocenters. The normalized spacial score (nSPS) is 10.8. The largest absolute Gasteiger partial charge is 0.355 e. The van der Waals surface area contributed by atoms with E-state index in [0.29, 0.717) is 44.7 Å². The topological polar surface area (TPSA) is 58.2 Å². The highest BCUT2D eigenvalue weighted by molar-refractivity contribution is 8.13. The second-order valence-corrected chi connectivity index (χ2v) is 10.8. The molecule has 0 amide bonds. The zero-order valence-corrected chi connectivity index (χ0v) is 24.3. The molecule has 0 spiro atoms. The zero-order chi connectivity index (χ0) is 27.4. The Bertz CT molecular complexity index is 1540. The molecular weight excluding hydrogens is 555 g/mol. The van der Waals surface area contributed by atoms with Crippen molar-refractivity contribution in [2.24, 2.45) is 0 Å². The van der Waals surface area contributed by atoms with Crippen molar-refractivity contribution in [3.8, 4) is 0 Å². The van der Waals surface area contributed by atoms with Crippen LogP contribution >= 0.6 is 47.6 Å². The van der Waals surface area contributed by atoms with E-state index >= 15 is 0 Å². The Kier molecular flexibility index (Phi) is 9.11. The third-order valence-electron chi connectivity index (χ3n) is 6.30. The van der Waals surface area contributed by atoms with Crippen LogP contribution in [0, 0.1) is 13.8 Å². The fourth-order valence-corrected chi connectivity index (χ4v) is 5.21. The number of carbonyl (C=O) groups excluding carboxylic acids is 2. The van der Waals surface area contributed by atoms with Crippen molar-refractivity contribution < 1.29 is 9.59 Å². The first kappa shape index (κ1) is 28.1. The minimum Gasteiger partial charge on any atom is -0.355 e. The van der Waals surface area contributed by atoms with E-state index in [2.05, 4.69) is 29.3 Å². The number of halogens is 2. The van der Waals surface area contributed by atoms with Gasteiger partial charge in [-0.1, -0.05) is 71.4 Å². The Morgan fingerprint density at radius 2 is 1.58 bits per heavy atom. The summed E-state index contributed by atoms with van der Waals surface area (Å²) < 4.78 is 0. The van der Waals surface area contributed by atoms with Gasteiger partial charge in [0.25, 0.3) is 0 Å². The van der Waals surface area contributed by atoms with Crippen LogP contribution < -0.4 is 10.6 Å². The number of benzene rings is 4. The predicted octanol–water partition coefficient (Wildman–Crippen LogP) is 9.26. The molecule has 0 unspecified atom stereocenters. The van der Waals surface area contributed by atoms with Crippen LogP contribution in [-0.2, 0) is 6.42 Å². The Balaban J connectivity index is 1.68. The minimum atomic E-state index is -0.296. The summed E-state index contributed by atoms with van der Waals surface area (Å²) in [6.45, 7) is 3.95. The summed E-state index contributed by atoms with van der Waals surface area (Å²) in [5.41, 5.74) is 7.92. The summed E-state index contributed by atoms with van der Waals surface area (Å²) in [6, 6.07) is 22.7. The van der Waals surface area contributed by atoms with Crippen molar-refractivity contribution >= 4 is 80.6 Å². The van der Waals surface area contributed by atoms with Gasteiger partial charge in [0.05, 0.1) is 38.2 Å². The molecule has 0 saturated heterocycles. The minimum absolute atomic E-state index is 0.0567. The van der Waals surface area contributed by atoms with Gasteiger partial charge in [0.2, 0.25) is 10.2 Å². The van der Waals surface area contributed by atoms with Gasteiger partial charge in [-0.3, -0.25) is 9.59 Å². The van der Waals surface area contributed by atoms with Gasteiger partial charge < -0.3 is 10.6 Å². The van der Waals surface area contributed by atoms with Crippen molar-refractivity contribution in [3.05, 3.63) is 116 Å². The van der Waals surface area contributed by atoms with Crippen LogP contribution in [0.25, 0.3) is 0 Å². The first-order valence-electron chi connectivity index (χ1n) is 11.8. The summed E-state index contributed by atoms with van der Waals surface area (Å²) in [5.74, 6) is 0. The van der Waals surface area contributed by atoms with Gasteiger partial charge in [0.1, 0.15) is 0 Å². The highest BCUT2D eigenvalue weighted by Gasteiger charge is 2.16. The van der Waals surface area contributed by atoms with Crippen LogP contribution in [0.2, 0.25) is 10.0 Å². The molecule has 194 valence electrons. The van der Waals surface area contributed by atoms with Gasteiger partial charge in [-0.25, -0.2) is 0 Å². The van der Waals surface area contributed by atoms with Crippen LogP contribution in [0.4, 0.5) is 22.7 Å². The summed E-state index contributed by atoms with van der Waals surface area (Å²) >= 11 is 18.2. The van der Waals surface area contributed by atoms with E-state index in [4.69, 9.17) is 23.2 Å². The highest BCUT2D eigenvalue weighted by Crippen LogP contribution is 2.37. The molecule has 38 heavy (non-hydrogen) atoms. The highest BCUT2D eigenvalue weighted by atomic mass is 35.5. The number of rotatable bonds is 8. The number of carbonyl (C=O) groups is 2. The van der Waals surface area contributed by atoms with Crippen LogP contribution in [0.3, 0.4) is 0 Å². The molecule has 4 rings (SSSR count). The molecule has 0 fully saturated rings. The molecule has 0 aromatic heterocycles. The lowest BCUT2D eigenvalue weighted by Gasteiger charge is -2.17. The second-order valence-electron chi connectivity index (χ2n) is 8.79. The summed E-state index contributed by atoms with van der Waals surface area (Å²) in [4.78, 5) is 24.6. The van der Waals surface area contributed by atoms with Crippen LogP contribution in [-0.4, -0.2) is 16.5 Å². The number of hydrogen-bond donors (Lipinski definition) is 3. The first-order valence-corrected chi connectivity index (χ1v) is 14.2. The summed E-state index contributed by atoms with van der Waals surface area (Å²) in [5, 5.41) is 7.34. The van der Waals surface area contributed by atoms with Gasteiger partial charge in [-0.15, -0.1) is 12.6 Å². The van der Waals surface area contributed by atoms with Gasteiger partial charge >= 0.3 is 0 Å². The van der Waals surface area contributed by atoms with Crippen molar-refractivity contribution in [3.63, 3.8) is 0 Å². The fourth-order valence-electron chi connectivity index (χ4n) is 4.15. The molecular formula is C30H26Cl2N2O2S2. The zero-order valence-electron chi connectivity index (χ0n) is 21.1. The molecule has 4 nitrogen and oxygen atoms in total. The maximum absolute atomic E-state index is 12.7. The molecule has 4 aromatic carbocycles. The smallest absolute Gasteiger partial charge is 0.221 e. The lowest BCUT2D eigenvalue weighted by Crippen LogP contribution is -2.04. The molecule has 0 aliphatic carbocycles. The molecule has 8 heteroatoms. The monoisotopic (exact) mass is 580 g/mol. The average molecular weight is 582 g/mol. The molecule has 0 bridgehead atoms. The Labute approximate surface area is 242 Å². The number of para-hydroxylation sites is 1. The maximum atomic E-state index is 12.7. The van der Waals surface area contributed by atoms with Crippen molar-refractivity contribution in [2.45, 2.75) is 20.3 Å². The van der Waals surface area contributed by atoms with Gasteiger partial charge in [0.15, 0.2) is 0 Å².